The maximum Gasteiger partial charge on any atom is 0.251 e. The van der Waals surface area contributed by atoms with Gasteiger partial charge in [0.1, 0.15) is 0 Å². The predicted octanol–water partition coefficient (Wildman–Crippen LogP) is 1.57. The minimum Gasteiger partial charge on any atom is -0.366 e. The predicted molar refractivity (Wildman–Crippen MR) is 63.2 cm³/mol. The second-order valence-electron chi connectivity index (χ2n) is 3.65. The van der Waals surface area contributed by atoms with Crippen LogP contribution in [-0.2, 0) is 0 Å². The number of anilines is 1. The summed E-state index contributed by atoms with van der Waals surface area (Å²) >= 11 is 0. The van der Waals surface area contributed by atoms with Crippen molar-refractivity contribution in [3.05, 3.63) is 18.0 Å². The van der Waals surface area contributed by atoms with E-state index in [0.717, 1.165) is 13.0 Å². The van der Waals surface area contributed by atoms with Crippen LogP contribution in [0.1, 0.15) is 43.0 Å². The number of nitrogens with two attached hydrogens (primary N) is 1. The molecule has 1 aromatic rings. The van der Waals surface area contributed by atoms with Crippen LogP contribution in [0.15, 0.2) is 12.4 Å². The first-order valence-electron chi connectivity index (χ1n) is 5.59. The number of nitrogens with one attached hydrogen (secondary N) is 1. The van der Waals surface area contributed by atoms with Gasteiger partial charge in [-0.1, -0.05) is 26.2 Å². The van der Waals surface area contributed by atoms with Crippen LogP contribution in [-0.4, -0.2) is 22.4 Å². The van der Waals surface area contributed by atoms with Gasteiger partial charge in [0, 0.05) is 18.9 Å². The maximum atomic E-state index is 10.8. The highest BCUT2D eigenvalue weighted by Gasteiger charge is 2.01. The van der Waals surface area contributed by atoms with Crippen molar-refractivity contribution < 1.29 is 4.79 Å². The monoisotopic (exact) mass is 222 g/mol. The van der Waals surface area contributed by atoms with Gasteiger partial charge in [-0.15, -0.1) is 0 Å². The molecular weight excluding hydrogens is 204 g/mol. The fourth-order valence-corrected chi connectivity index (χ4v) is 1.30. The van der Waals surface area contributed by atoms with Crippen LogP contribution in [0.3, 0.4) is 0 Å². The van der Waals surface area contributed by atoms with E-state index in [1.807, 2.05) is 0 Å². The molecule has 0 atom stereocenters. The summed E-state index contributed by atoms with van der Waals surface area (Å²) in [5, 5.41) is 3.10. The summed E-state index contributed by atoms with van der Waals surface area (Å²) in [5.41, 5.74) is 5.41. The van der Waals surface area contributed by atoms with Gasteiger partial charge in [0.2, 0.25) is 5.95 Å². The molecule has 3 N–H and O–H groups in total. The third-order valence-electron chi connectivity index (χ3n) is 2.25. The summed E-state index contributed by atoms with van der Waals surface area (Å²) in [5.74, 6) is 0.0380. The zero-order valence-electron chi connectivity index (χ0n) is 9.57. The first-order chi connectivity index (χ1) is 7.74. The van der Waals surface area contributed by atoms with Gasteiger partial charge in [-0.05, 0) is 6.42 Å². The molecule has 0 fully saturated rings. The minimum atomic E-state index is -0.505. The first-order valence-corrected chi connectivity index (χ1v) is 5.59. The molecule has 0 bridgehead atoms. The Kier molecular flexibility index (Phi) is 5.25. The average molecular weight is 222 g/mol. The number of carbonyl (C=O) groups excluding carboxylic acids is 1. The topological polar surface area (TPSA) is 80.9 Å². The molecule has 5 nitrogen and oxygen atoms in total. The lowest BCUT2D eigenvalue weighted by Gasteiger charge is -2.04. The number of unbranched alkanes of at least 4 members (excludes halogenated alkanes) is 3. The highest BCUT2D eigenvalue weighted by Crippen LogP contribution is 2.02. The van der Waals surface area contributed by atoms with Gasteiger partial charge < -0.3 is 11.1 Å². The van der Waals surface area contributed by atoms with E-state index < -0.39 is 5.91 Å². The molecule has 88 valence electrons. The van der Waals surface area contributed by atoms with Crippen molar-refractivity contribution in [2.75, 3.05) is 11.9 Å². The number of carbonyl (C=O) groups is 1. The van der Waals surface area contributed by atoms with Crippen LogP contribution in [0, 0.1) is 0 Å². The van der Waals surface area contributed by atoms with Gasteiger partial charge >= 0.3 is 0 Å². The van der Waals surface area contributed by atoms with Crippen LogP contribution >= 0.6 is 0 Å². The number of nitrogens with zero attached hydrogens (tertiary/aromatic N) is 2. The molecule has 0 aromatic carbocycles. The summed E-state index contributed by atoms with van der Waals surface area (Å²) in [6.07, 6.45) is 7.66. The number of hydrogen-bond donors (Lipinski definition) is 2. The van der Waals surface area contributed by atoms with E-state index in [1.54, 1.807) is 0 Å². The zero-order chi connectivity index (χ0) is 11.8. The molecule has 5 heteroatoms. The van der Waals surface area contributed by atoms with E-state index >= 15 is 0 Å². The number of amides is 1. The van der Waals surface area contributed by atoms with Crippen LogP contribution in [0.5, 0.6) is 0 Å². The van der Waals surface area contributed by atoms with Crippen molar-refractivity contribution in [1.29, 1.82) is 0 Å². The smallest absolute Gasteiger partial charge is 0.251 e. The van der Waals surface area contributed by atoms with E-state index in [0.29, 0.717) is 11.5 Å². The SMILES string of the molecule is CCCCCCNc1ncc(C(N)=O)cn1. The molecule has 1 aromatic heterocycles. The lowest BCUT2D eigenvalue weighted by molar-refractivity contribution is 0.0999. The van der Waals surface area contributed by atoms with Gasteiger partial charge in [0.05, 0.1) is 5.56 Å². The molecule has 0 spiro atoms. The van der Waals surface area contributed by atoms with Crippen LogP contribution in [0.4, 0.5) is 5.95 Å². The normalized spacial score (nSPS) is 10.1. The Morgan fingerprint density at radius 3 is 2.56 bits per heavy atom. The summed E-state index contributed by atoms with van der Waals surface area (Å²) in [6, 6.07) is 0. The third-order valence-corrected chi connectivity index (χ3v) is 2.25. The Hall–Kier alpha value is -1.65. The average Bonchev–Trinajstić information content (AvgIpc) is 2.29. The molecule has 0 radical (unpaired) electrons. The van der Waals surface area contributed by atoms with E-state index in [4.69, 9.17) is 5.73 Å². The molecule has 0 aliphatic heterocycles. The third kappa shape index (κ3) is 4.25. The molecular formula is C11H18N4O. The lowest BCUT2D eigenvalue weighted by Crippen LogP contribution is -2.13. The second kappa shape index (κ2) is 6.76. The Labute approximate surface area is 95.5 Å². The maximum absolute atomic E-state index is 10.8. The highest BCUT2D eigenvalue weighted by molar-refractivity contribution is 5.92. The van der Waals surface area contributed by atoms with Crippen molar-refractivity contribution in [1.82, 2.24) is 9.97 Å². The van der Waals surface area contributed by atoms with Gasteiger partial charge in [-0.2, -0.15) is 0 Å². The highest BCUT2D eigenvalue weighted by atomic mass is 16.1. The first kappa shape index (κ1) is 12.4. The summed E-state index contributed by atoms with van der Waals surface area (Å²) < 4.78 is 0. The molecule has 1 amide bonds. The van der Waals surface area contributed by atoms with Crippen LogP contribution < -0.4 is 11.1 Å². The van der Waals surface area contributed by atoms with Gasteiger partial charge in [0.25, 0.3) is 5.91 Å². The van der Waals surface area contributed by atoms with Crippen LogP contribution in [0.25, 0.3) is 0 Å². The molecule has 0 aliphatic carbocycles. The Morgan fingerprint density at radius 1 is 1.31 bits per heavy atom. The van der Waals surface area contributed by atoms with Crippen molar-refractivity contribution >= 4 is 11.9 Å². The largest absolute Gasteiger partial charge is 0.366 e. The van der Waals surface area contributed by atoms with E-state index in [2.05, 4.69) is 22.2 Å². The summed E-state index contributed by atoms with van der Waals surface area (Å²) in [4.78, 5) is 18.8. The summed E-state index contributed by atoms with van der Waals surface area (Å²) in [6.45, 7) is 3.04. The Balaban J connectivity index is 2.29. The second-order valence-corrected chi connectivity index (χ2v) is 3.65. The zero-order valence-corrected chi connectivity index (χ0v) is 9.57. The molecule has 0 unspecified atom stereocenters. The van der Waals surface area contributed by atoms with Crippen molar-refractivity contribution in [3.63, 3.8) is 0 Å². The Morgan fingerprint density at radius 2 is 2.00 bits per heavy atom. The standard InChI is InChI=1S/C11H18N4O/c1-2-3-4-5-6-13-11-14-7-9(8-15-11)10(12)16/h7-8H,2-6H2,1H3,(H2,12,16)(H,13,14,15). The molecule has 16 heavy (non-hydrogen) atoms. The number of primary amides is 1. The van der Waals surface area contributed by atoms with E-state index in [1.165, 1.54) is 31.7 Å². The number of rotatable bonds is 7. The van der Waals surface area contributed by atoms with Crippen LogP contribution in [0.2, 0.25) is 0 Å². The van der Waals surface area contributed by atoms with E-state index in [9.17, 15) is 4.79 Å². The molecule has 0 aliphatic rings. The van der Waals surface area contributed by atoms with Gasteiger partial charge in [-0.25, -0.2) is 9.97 Å². The van der Waals surface area contributed by atoms with Gasteiger partial charge in [-0.3, -0.25) is 4.79 Å². The van der Waals surface area contributed by atoms with Gasteiger partial charge in [0.15, 0.2) is 0 Å². The number of hydrogen-bond acceptors (Lipinski definition) is 4. The molecule has 1 heterocycles. The minimum absolute atomic E-state index is 0.330. The van der Waals surface area contributed by atoms with E-state index in [-0.39, 0.29) is 0 Å². The quantitative estimate of drug-likeness (QED) is 0.686. The van der Waals surface area contributed by atoms with Crippen molar-refractivity contribution in [2.45, 2.75) is 32.6 Å². The molecule has 0 saturated carbocycles. The van der Waals surface area contributed by atoms with Crippen molar-refractivity contribution in [3.8, 4) is 0 Å². The lowest BCUT2D eigenvalue weighted by atomic mass is 10.2. The summed E-state index contributed by atoms with van der Waals surface area (Å²) in [7, 11) is 0. The fraction of sp³-hybridized carbons (Fsp3) is 0.545. The molecule has 0 saturated heterocycles. The Bertz CT molecular complexity index is 323. The van der Waals surface area contributed by atoms with Crippen molar-refractivity contribution in [2.24, 2.45) is 5.73 Å². The fourth-order valence-electron chi connectivity index (χ4n) is 1.30. The number of aromatic nitrogens is 2. The molecule has 1 rings (SSSR count).